The Morgan fingerprint density at radius 1 is 1.00 bits per heavy atom. The maximum Gasteiger partial charge on any atom is 0.223 e. The molecule has 4 aromatic rings. The van der Waals surface area contributed by atoms with Crippen molar-refractivity contribution in [1.82, 2.24) is 24.3 Å². The fourth-order valence-corrected chi connectivity index (χ4v) is 3.95. The van der Waals surface area contributed by atoms with Gasteiger partial charge >= 0.3 is 0 Å². The SMILES string of the molecule is CCCCN(CCC)c1nccn2c(-c3ccnc(NC(CN)c4ccccc4)n3)cnc12. The van der Waals surface area contributed by atoms with Crippen LogP contribution in [-0.2, 0) is 0 Å². The molecule has 0 bridgehead atoms. The van der Waals surface area contributed by atoms with Gasteiger partial charge in [0.2, 0.25) is 5.95 Å². The molecule has 0 saturated carbocycles. The zero-order chi connectivity index (χ0) is 23.0. The quantitative estimate of drug-likeness (QED) is 0.356. The molecular formula is C25H32N8. The summed E-state index contributed by atoms with van der Waals surface area (Å²) in [6.07, 6.45) is 10.7. The number of hydrogen-bond donors (Lipinski definition) is 2. The smallest absolute Gasteiger partial charge is 0.223 e. The third-order valence-corrected chi connectivity index (χ3v) is 5.64. The average Bonchev–Trinajstić information content (AvgIpc) is 3.30. The number of fused-ring (bicyclic) bond motifs is 1. The lowest BCUT2D eigenvalue weighted by molar-refractivity contribution is 0.696. The molecule has 1 atom stereocenters. The van der Waals surface area contributed by atoms with Gasteiger partial charge in [-0.05, 0) is 24.5 Å². The molecule has 3 heterocycles. The number of benzene rings is 1. The number of nitrogens with two attached hydrogens (primary N) is 1. The summed E-state index contributed by atoms with van der Waals surface area (Å²) in [5, 5.41) is 3.37. The normalized spacial score (nSPS) is 12.1. The Balaban J connectivity index is 1.64. The average molecular weight is 445 g/mol. The van der Waals surface area contributed by atoms with Crippen LogP contribution in [-0.4, -0.2) is 44.0 Å². The van der Waals surface area contributed by atoms with Gasteiger partial charge in [-0.15, -0.1) is 0 Å². The third-order valence-electron chi connectivity index (χ3n) is 5.64. The molecule has 0 fully saturated rings. The van der Waals surface area contributed by atoms with Crippen molar-refractivity contribution in [3.8, 4) is 11.4 Å². The van der Waals surface area contributed by atoms with E-state index in [4.69, 9.17) is 15.7 Å². The maximum atomic E-state index is 6.02. The number of rotatable bonds is 11. The van der Waals surface area contributed by atoms with E-state index in [-0.39, 0.29) is 6.04 Å². The van der Waals surface area contributed by atoms with Gasteiger partial charge < -0.3 is 16.0 Å². The van der Waals surface area contributed by atoms with Gasteiger partial charge in [0.25, 0.3) is 0 Å². The summed E-state index contributed by atoms with van der Waals surface area (Å²) in [4.78, 5) is 20.9. The van der Waals surface area contributed by atoms with Gasteiger partial charge in [0, 0.05) is 38.2 Å². The number of aromatic nitrogens is 5. The molecule has 0 saturated heterocycles. The predicted molar refractivity (Wildman–Crippen MR) is 133 cm³/mol. The Labute approximate surface area is 194 Å². The number of imidazole rings is 1. The van der Waals surface area contributed by atoms with Crippen molar-refractivity contribution in [3.63, 3.8) is 0 Å². The van der Waals surface area contributed by atoms with E-state index in [1.54, 1.807) is 6.20 Å². The molecule has 8 heteroatoms. The van der Waals surface area contributed by atoms with Crippen molar-refractivity contribution in [3.05, 3.63) is 66.7 Å². The minimum absolute atomic E-state index is 0.0689. The highest BCUT2D eigenvalue weighted by molar-refractivity contribution is 5.70. The number of hydrogen-bond acceptors (Lipinski definition) is 7. The monoisotopic (exact) mass is 444 g/mol. The van der Waals surface area contributed by atoms with Gasteiger partial charge in [0.15, 0.2) is 11.5 Å². The van der Waals surface area contributed by atoms with Crippen molar-refractivity contribution in [2.45, 2.75) is 39.2 Å². The molecule has 4 rings (SSSR count). The molecule has 3 aromatic heterocycles. The van der Waals surface area contributed by atoms with E-state index in [2.05, 4.69) is 38.4 Å². The summed E-state index contributed by atoms with van der Waals surface area (Å²) >= 11 is 0. The highest BCUT2D eigenvalue weighted by atomic mass is 15.2. The van der Waals surface area contributed by atoms with Crippen molar-refractivity contribution >= 4 is 17.4 Å². The van der Waals surface area contributed by atoms with E-state index in [1.807, 2.05) is 55.0 Å². The van der Waals surface area contributed by atoms with Crippen LogP contribution >= 0.6 is 0 Å². The molecule has 0 aliphatic carbocycles. The first-order valence-electron chi connectivity index (χ1n) is 11.7. The summed E-state index contributed by atoms with van der Waals surface area (Å²) in [7, 11) is 0. The number of unbranched alkanes of at least 4 members (excludes halogenated alkanes) is 1. The van der Waals surface area contributed by atoms with Crippen LogP contribution in [0.15, 0.2) is 61.2 Å². The summed E-state index contributed by atoms with van der Waals surface area (Å²) in [6, 6.07) is 11.9. The van der Waals surface area contributed by atoms with Gasteiger partial charge in [0.05, 0.1) is 23.6 Å². The molecule has 0 amide bonds. The van der Waals surface area contributed by atoms with Crippen molar-refractivity contribution < 1.29 is 0 Å². The van der Waals surface area contributed by atoms with Gasteiger partial charge in [-0.1, -0.05) is 50.6 Å². The lowest BCUT2D eigenvalue weighted by Gasteiger charge is -2.23. The predicted octanol–water partition coefficient (Wildman–Crippen LogP) is 4.31. The Hall–Kier alpha value is -3.52. The second-order valence-corrected chi connectivity index (χ2v) is 8.04. The van der Waals surface area contributed by atoms with E-state index in [9.17, 15) is 0 Å². The van der Waals surface area contributed by atoms with Gasteiger partial charge in [0.1, 0.15) is 0 Å². The van der Waals surface area contributed by atoms with Crippen LogP contribution in [0.4, 0.5) is 11.8 Å². The lowest BCUT2D eigenvalue weighted by Crippen LogP contribution is -2.26. The Bertz CT molecular complexity index is 1160. The fourth-order valence-electron chi connectivity index (χ4n) is 3.95. The summed E-state index contributed by atoms with van der Waals surface area (Å²) < 4.78 is 2.06. The molecule has 33 heavy (non-hydrogen) atoms. The van der Waals surface area contributed by atoms with Gasteiger partial charge in [-0.25, -0.2) is 19.9 Å². The number of nitrogens with zero attached hydrogens (tertiary/aromatic N) is 6. The van der Waals surface area contributed by atoms with Crippen LogP contribution in [0.3, 0.4) is 0 Å². The number of anilines is 2. The molecule has 0 aliphatic rings. The Kier molecular flexibility index (Phi) is 7.47. The molecular weight excluding hydrogens is 412 g/mol. The summed E-state index contributed by atoms with van der Waals surface area (Å²) in [6.45, 7) is 6.76. The van der Waals surface area contributed by atoms with Crippen LogP contribution in [0.2, 0.25) is 0 Å². The molecule has 0 spiro atoms. The molecule has 1 unspecified atom stereocenters. The maximum absolute atomic E-state index is 6.02. The van der Waals surface area contributed by atoms with Crippen LogP contribution in [0.25, 0.3) is 17.0 Å². The van der Waals surface area contributed by atoms with Crippen LogP contribution < -0.4 is 16.0 Å². The number of nitrogens with one attached hydrogen (secondary N) is 1. The fraction of sp³-hybridized carbons (Fsp3) is 0.360. The van der Waals surface area contributed by atoms with Crippen LogP contribution in [0.1, 0.15) is 44.7 Å². The van der Waals surface area contributed by atoms with E-state index in [0.717, 1.165) is 60.8 Å². The molecule has 8 nitrogen and oxygen atoms in total. The molecule has 3 N–H and O–H groups in total. The van der Waals surface area contributed by atoms with Crippen LogP contribution in [0.5, 0.6) is 0 Å². The molecule has 172 valence electrons. The minimum Gasteiger partial charge on any atom is -0.354 e. The molecule has 0 aliphatic heterocycles. The largest absolute Gasteiger partial charge is 0.354 e. The van der Waals surface area contributed by atoms with E-state index < -0.39 is 0 Å². The molecule has 0 radical (unpaired) electrons. The standard InChI is InChI=1S/C25H32N8/c1-3-5-15-32(14-4-2)23-24-29-18-22(33(24)16-13-27-23)20-11-12-28-25(30-20)31-21(17-26)19-9-7-6-8-10-19/h6-13,16,18,21H,3-5,14-15,17,26H2,1-2H3,(H,28,30,31). The van der Waals surface area contributed by atoms with Crippen molar-refractivity contribution in [2.24, 2.45) is 5.73 Å². The van der Waals surface area contributed by atoms with Crippen LogP contribution in [0, 0.1) is 0 Å². The molecule has 1 aromatic carbocycles. The first-order valence-corrected chi connectivity index (χ1v) is 11.7. The van der Waals surface area contributed by atoms with E-state index in [0.29, 0.717) is 12.5 Å². The van der Waals surface area contributed by atoms with Gasteiger partial charge in [-0.2, -0.15) is 0 Å². The second kappa shape index (κ2) is 10.9. The third kappa shape index (κ3) is 5.12. The first kappa shape index (κ1) is 22.7. The van der Waals surface area contributed by atoms with Crippen molar-refractivity contribution in [2.75, 3.05) is 29.9 Å². The second-order valence-electron chi connectivity index (χ2n) is 8.04. The minimum atomic E-state index is -0.0689. The van der Waals surface area contributed by atoms with Crippen molar-refractivity contribution in [1.29, 1.82) is 0 Å². The zero-order valence-corrected chi connectivity index (χ0v) is 19.4. The first-order chi connectivity index (χ1) is 16.2. The topological polar surface area (TPSA) is 97.3 Å². The van der Waals surface area contributed by atoms with E-state index in [1.165, 1.54) is 0 Å². The summed E-state index contributed by atoms with van der Waals surface area (Å²) in [5.74, 6) is 1.45. The highest BCUT2D eigenvalue weighted by Crippen LogP contribution is 2.25. The lowest BCUT2D eigenvalue weighted by atomic mass is 10.1. The Morgan fingerprint density at radius 3 is 2.61 bits per heavy atom. The van der Waals surface area contributed by atoms with E-state index >= 15 is 0 Å². The Morgan fingerprint density at radius 2 is 1.85 bits per heavy atom. The summed E-state index contributed by atoms with van der Waals surface area (Å²) in [5.41, 5.74) is 9.65. The van der Waals surface area contributed by atoms with Gasteiger partial charge in [-0.3, -0.25) is 4.40 Å². The zero-order valence-electron chi connectivity index (χ0n) is 19.4. The highest BCUT2D eigenvalue weighted by Gasteiger charge is 2.17.